The molecule has 0 bridgehead atoms. The second kappa shape index (κ2) is 8.79. The molecule has 0 atom stereocenters. The number of fused-ring (bicyclic) bond motifs is 1. The van der Waals surface area contributed by atoms with E-state index < -0.39 is 5.97 Å². The van der Waals surface area contributed by atoms with Crippen LogP contribution in [0.3, 0.4) is 0 Å². The first-order valence-electron chi connectivity index (χ1n) is 10.7. The largest absolute Gasteiger partial charge is 0.497 e. The molecule has 0 saturated heterocycles. The van der Waals surface area contributed by atoms with Gasteiger partial charge in [0.2, 0.25) is 0 Å². The van der Waals surface area contributed by atoms with Crippen LogP contribution < -0.4 is 4.74 Å². The lowest BCUT2D eigenvalue weighted by Crippen LogP contribution is -2.12. The lowest BCUT2D eigenvalue weighted by molar-refractivity contribution is 0.0587. The minimum absolute atomic E-state index is 0.293. The Morgan fingerprint density at radius 1 is 1.06 bits per heavy atom. The van der Waals surface area contributed by atoms with Crippen LogP contribution in [-0.2, 0) is 18.3 Å². The number of aryl methyl sites for hydroxylation is 1. The molecular formula is C25H21N7O3. The Bertz CT molecular complexity index is 1590. The zero-order chi connectivity index (χ0) is 24.5. The molecule has 5 rings (SSSR count). The predicted molar refractivity (Wildman–Crippen MR) is 127 cm³/mol. The van der Waals surface area contributed by atoms with Crippen molar-refractivity contribution >= 4 is 11.5 Å². The summed E-state index contributed by atoms with van der Waals surface area (Å²) in [5, 5.41) is 23.0. The van der Waals surface area contributed by atoms with E-state index in [0.29, 0.717) is 34.6 Å². The van der Waals surface area contributed by atoms with Gasteiger partial charge in [-0.15, -0.1) is 0 Å². The fourth-order valence-corrected chi connectivity index (χ4v) is 3.97. The molecule has 0 aliphatic carbocycles. The number of benzene rings is 1. The number of ether oxygens (including phenoxy) is 2. The van der Waals surface area contributed by atoms with Gasteiger partial charge in [0.15, 0.2) is 0 Å². The molecule has 0 spiro atoms. The predicted octanol–water partition coefficient (Wildman–Crippen LogP) is 3.31. The Hall–Kier alpha value is -4.91. The summed E-state index contributed by atoms with van der Waals surface area (Å²) in [6.07, 6.45) is 7.00. The van der Waals surface area contributed by atoms with Gasteiger partial charge in [0.25, 0.3) is 0 Å². The van der Waals surface area contributed by atoms with Gasteiger partial charge in [-0.3, -0.25) is 9.36 Å². The number of rotatable bonds is 6. The van der Waals surface area contributed by atoms with Gasteiger partial charge in [-0.1, -0.05) is 12.1 Å². The van der Waals surface area contributed by atoms with E-state index in [2.05, 4.69) is 16.3 Å². The summed E-state index contributed by atoms with van der Waals surface area (Å²) in [4.78, 5) is 12.6. The van der Waals surface area contributed by atoms with E-state index in [0.717, 1.165) is 22.4 Å². The zero-order valence-corrected chi connectivity index (χ0v) is 19.3. The van der Waals surface area contributed by atoms with Gasteiger partial charge >= 0.3 is 5.97 Å². The van der Waals surface area contributed by atoms with Crippen molar-refractivity contribution in [2.45, 2.75) is 6.54 Å². The summed E-state index contributed by atoms with van der Waals surface area (Å²) in [6, 6.07) is 13.3. The molecule has 4 aromatic heterocycles. The molecule has 1 aromatic carbocycles. The van der Waals surface area contributed by atoms with E-state index in [9.17, 15) is 10.1 Å². The van der Waals surface area contributed by atoms with Crippen LogP contribution in [0.5, 0.6) is 5.75 Å². The molecule has 0 amide bonds. The van der Waals surface area contributed by atoms with Crippen LogP contribution in [0.25, 0.3) is 27.9 Å². The number of carbonyl (C=O) groups is 1. The molecule has 0 unspecified atom stereocenters. The molecular weight excluding hydrogens is 446 g/mol. The normalized spacial score (nSPS) is 10.9. The fraction of sp³-hybridized carbons (Fsp3) is 0.160. The number of nitrogens with zero attached hydrogens (tertiary/aromatic N) is 7. The summed E-state index contributed by atoms with van der Waals surface area (Å²) in [5.41, 5.74) is 5.15. The summed E-state index contributed by atoms with van der Waals surface area (Å²) in [7, 11) is 4.78. The molecule has 35 heavy (non-hydrogen) atoms. The Labute approximate surface area is 200 Å². The van der Waals surface area contributed by atoms with Gasteiger partial charge in [0.05, 0.1) is 49.9 Å². The quantitative estimate of drug-likeness (QED) is 0.352. The van der Waals surface area contributed by atoms with E-state index in [1.807, 2.05) is 49.8 Å². The first-order chi connectivity index (χ1) is 17.0. The first-order valence-corrected chi connectivity index (χ1v) is 10.7. The average Bonchev–Trinajstić information content (AvgIpc) is 3.61. The van der Waals surface area contributed by atoms with Gasteiger partial charge in [0.1, 0.15) is 17.5 Å². The molecule has 10 heteroatoms. The van der Waals surface area contributed by atoms with Crippen molar-refractivity contribution in [3.63, 3.8) is 0 Å². The highest BCUT2D eigenvalue weighted by atomic mass is 16.5. The average molecular weight is 467 g/mol. The molecule has 0 fully saturated rings. The second-order valence-corrected chi connectivity index (χ2v) is 7.92. The van der Waals surface area contributed by atoms with Crippen LogP contribution in [0.1, 0.15) is 21.6 Å². The Balaban J connectivity index is 1.67. The highest BCUT2D eigenvalue weighted by Gasteiger charge is 2.21. The second-order valence-electron chi connectivity index (χ2n) is 7.92. The van der Waals surface area contributed by atoms with Gasteiger partial charge in [-0.05, 0) is 29.8 Å². The van der Waals surface area contributed by atoms with E-state index >= 15 is 0 Å². The van der Waals surface area contributed by atoms with Crippen LogP contribution >= 0.6 is 0 Å². The minimum atomic E-state index is -0.509. The van der Waals surface area contributed by atoms with E-state index in [1.165, 1.54) is 13.3 Å². The SMILES string of the molecule is COC(=O)c1cc(-c2cc(-c3cnn(C)c3)cn3ncc(C#N)c23)nn1Cc1ccc(OC)cc1. The number of esters is 1. The summed E-state index contributed by atoms with van der Waals surface area (Å²) in [5.74, 6) is 0.230. The van der Waals surface area contributed by atoms with Crippen LogP contribution in [0.15, 0.2) is 61.2 Å². The summed E-state index contributed by atoms with van der Waals surface area (Å²) in [6.45, 7) is 0.345. The van der Waals surface area contributed by atoms with Crippen LogP contribution in [0.4, 0.5) is 0 Å². The number of hydrogen-bond acceptors (Lipinski definition) is 7. The van der Waals surface area contributed by atoms with Gasteiger partial charge < -0.3 is 9.47 Å². The molecule has 0 N–H and O–H groups in total. The molecule has 4 heterocycles. The maximum atomic E-state index is 12.6. The van der Waals surface area contributed by atoms with Crippen molar-refractivity contribution < 1.29 is 14.3 Å². The smallest absolute Gasteiger partial charge is 0.356 e. The highest BCUT2D eigenvalue weighted by molar-refractivity contribution is 5.92. The lowest BCUT2D eigenvalue weighted by atomic mass is 10.0. The van der Waals surface area contributed by atoms with Gasteiger partial charge in [-0.2, -0.15) is 20.6 Å². The van der Waals surface area contributed by atoms with E-state index in [1.54, 1.807) is 33.3 Å². The molecule has 0 saturated carbocycles. The molecule has 0 radical (unpaired) electrons. The van der Waals surface area contributed by atoms with Crippen LogP contribution in [0, 0.1) is 11.3 Å². The number of nitriles is 1. The lowest BCUT2D eigenvalue weighted by Gasteiger charge is -2.08. The molecule has 174 valence electrons. The standard InChI is InChI=1S/C25H21N7O3/c1-30-14-19(12-27-30)17-8-21(24-18(10-26)11-28-32(24)15-17)22-9-23(25(33)35-3)31(29-22)13-16-4-6-20(34-2)7-5-16/h4-9,11-12,14-15H,13H2,1-3H3. The maximum Gasteiger partial charge on any atom is 0.356 e. The molecule has 10 nitrogen and oxygen atoms in total. The zero-order valence-electron chi connectivity index (χ0n) is 19.3. The highest BCUT2D eigenvalue weighted by Crippen LogP contribution is 2.32. The summed E-state index contributed by atoms with van der Waals surface area (Å²) < 4.78 is 15.2. The molecule has 0 aliphatic rings. The van der Waals surface area contributed by atoms with Crippen molar-refractivity contribution in [1.29, 1.82) is 5.26 Å². The molecule has 5 aromatic rings. The van der Waals surface area contributed by atoms with E-state index in [-0.39, 0.29) is 0 Å². The molecule has 0 aliphatic heterocycles. The Morgan fingerprint density at radius 2 is 1.86 bits per heavy atom. The number of hydrogen-bond donors (Lipinski definition) is 0. The van der Waals surface area contributed by atoms with Crippen molar-refractivity contribution in [1.82, 2.24) is 29.2 Å². The number of methoxy groups -OCH3 is 2. The third kappa shape index (κ3) is 4.00. The number of aromatic nitrogens is 6. The number of pyridine rings is 1. The van der Waals surface area contributed by atoms with Crippen LogP contribution in [-0.4, -0.2) is 49.4 Å². The Morgan fingerprint density at radius 3 is 2.51 bits per heavy atom. The monoisotopic (exact) mass is 467 g/mol. The van der Waals surface area contributed by atoms with Crippen molar-refractivity contribution in [2.24, 2.45) is 7.05 Å². The van der Waals surface area contributed by atoms with Crippen molar-refractivity contribution in [3.05, 3.63) is 78.0 Å². The van der Waals surface area contributed by atoms with Gasteiger partial charge in [0, 0.05) is 36.1 Å². The summed E-state index contributed by atoms with van der Waals surface area (Å²) >= 11 is 0. The first kappa shape index (κ1) is 21.9. The van der Waals surface area contributed by atoms with Gasteiger partial charge in [-0.25, -0.2) is 9.31 Å². The Kier molecular flexibility index (Phi) is 5.51. The number of carbonyl (C=O) groups excluding carboxylic acids is 1. The third-order valence-corrected chi connectivity index (χ3v) is 5.71. The van der Waals surface area contributed by atoms with Crippen molar-refractivity contribution in [2.75, 3.05) is 14.2 Å². The van der Waals surface area contributed by atoms with E-state index in [4.69, 9.17) is 14.6 Å². The maximum absolute atomic E-state index is 12.6. The van der Waals surface area contributed by atoms with Crippen molar-refractivity contribution in [3.8, 4) is 34.2 Å². The topological polar surface area (TPSA) is 112 Å². The fourth-order valence-electron chi connectivity index (χ4n) is 3.97. The van der Waals surface area contributed by atoms with Crippen LogP contribution in [0.2, 0.25) is 0 Å². The third-order valence-electron chi connectivity index (χ3n) is 5.71. The minimum Gasteiger partial charge on any atom is -0.497 e.